The minimum Gasteiger partial charge on any atom is -1.00 e. The highest BCUT2D eigenvalue weighted by atomic mass is 127. The first kappa shape index (κ1) is 113. The van der Waals surface area contributed by atoms with Crippen molar-refractivity contribution < 1.29 is 29.5 Å². The second kappa shape index (κ2) is 48.0. The monoisotopic (exact) mass is 1810 g/mol. The molecule has 0 aliphatic carbocycles. The van der Waals surface area contributed by atoms with Gasteiger partial charge in [0.1, 0.15) is 7.36 Å². The maximum Gasteiger partial charge on any atom is 0.502 e. The van der Waals surface area contributed by atoms with Crippen molar-refractivity contribution in [3.8, 4) is 0 Å². The minimum absolute atomic E-state index is 0. The first-order chi connectivity index (χ1) is 47.5. The molecule has 2 aromatic rings. The van der Waals surface area contributed by atoms with E-state index in [1.54, 1.807) is 0 Å². The Balaban J connectivity index is -0.000000921. The van der Waals surface area contributed by atoms with Gasteiger partial charge in [-0.25, -0.2) is 98.1 Å². The van der Waals surface area contributed by atoms with Crippen LogP contribution in [0.3, 0.4) is 0 Å². The van der Waals surface area contributed by atoms with Crippen LogP contribution in [0.25, 0.3) is 0 Å². The van der Waals surface area contributed by atoms with E-state index in [1.165, 1.54) is 11.1 Å². The number of hydrogen-bond acceptors (Lipinski definition) is 9. The van der Waals surface area contributed by atoms with E-state index in [0.717, 1.165) is 0 Å². The lowest BCUT2D eigenvalue weighted by Crippen LogP contribution is -3.00. The third-order valence-electron chi connectivity index (χ3n) is 17.1. The van der Waals surface area contributed by atoms with E-state index in [1.807, 2.05) is 27.7 Å². The average Bonchev–Trinajstić information content (AvgIpc) is 0.727. The number of benzene rings is 2. The van der Waals surface area contributed by atoms with Gasteiger partial charge in [0.05, 0.1) is 0 Å². The molecular weight excluding hydrogens is 1640 g/mol. The van der Waals surface area contributed by atoms with Crippen molar-refractivity contribution in [1.82, 2.24) is 107 Å². The highest BCUT2D eigenvalue weighted by Gasteiger charge is 2.59. The fourth-order valence-electron chi connectivity index (χ4n) is 12.9. The van der Waals surface area contributed by atoms with E-state index in [-0.39, 0.29) is 29.5 Å². The fraction of sp³-hybridized carbons (Fsp3) is 0.810. The molecule has 2 rings (SSSR count). The van der Waals surface area contributed by atoms with Crippen molar-refractivity contribution in [3.05, 3.63) is 71.8 Å². The van der Waals surface area contributed by atoms with Gasteiger partial charge in [0, 0.05) is 19.8 Å². The molecule has 1 N–H and O–H groups in total. The lowest BCUT2D eigenvalue weighted by atomic mass is 10.2. The van der Waals surface area contributed by atoms with Gasteiger partial charge in [0.25, 0.3) is 0 Å². The van der Waals surface area contributed by atoms with Crippen LogP contribution in [0.4, 0.5) is 0 Å². The highest BCUT2D eigenvalue weighted by molar-refractivity contribution is 7.89. The summed E-state index contributed by atoms with van der Waals surface area (Å²) in [5, 5.41) is 0. The molecule has 106 heavy (non-hydrogen) atoms. The molecule has 0 saturated carbocycles. The second-order valence-electron chi connectivity index (χ2n) is 28.8. The molecule has 43 heteroatoms. The van der Waals surface area contributed by atoms with Gasteiger partial charge < -0.3 is 29.5 Å². The summed E-state index contributed by atoms with van der Waals surface area (Å²) >= 11 is 0. The van der Waals surface area contributed by atoms with Crippen LogP contribution < -0.4 is 24.0 Å². The Hall–Kier alpha value is 0.910. The highest BCUT2D eigenvalue weighted by Crippen LogP contribution is 2.88. The van der Waals surface area contributed by atoms with Crippen molar-refractivity contribution in [2.24, 2.45) is 36.1 Å². The molecule has 0 aliphatic heterocycles. The average molecular weight is 1810 g/mol. The first-order valence-corrected chi connectivity index (χ1v) is 51.6. The Kier molecular flexibility index (Phi) is 51.2. The summed E-state index contributed by atoms with van der Waals surface area (Å²) in [6, 6.07) is 21.2. The third-order valence-corrected chi connectivity index (χ3v) is 58.4. The molecule has 0 saturated heterocycles. The molecule has 32 nitrogen and oxygen atoms in total. The van der Waals surface area contributed by atoms with Crippen molar-refractivity contribution in [2.75, 3.05) is 317 Å². The summed E-state index contributed by atoms with van der Waals surface area (Å²) in [6.45, 7) is 11.6. The summed E-state index contributed by atoms with van der Waals surface area (Å²) in [5.74, 6) is 0. The summed E-state index contributed by atoms with van der Waals surface area (Å²) in [4.78, 5) is 0. The quantitative estimate of drug-likeness (QED) is 0.0465. The van der Waals surface area contributed by atoms with E-state index in [4.69, 9.17) is 36.1 Å². The molecule has 2 aromatic carbocycles. The fourth-order valence-corrected chi connectivity index (χ4v) is 59.9. The van der Waals surface area contributed by atoms with Gasteiger partial charge in [-0.15, -0.1) is 0 Å². The molecule has 0 amide bonds. The van der Waals surface area contributed by atoms with Gasteiger partial charge in [-0.1, -0.05) is 88.4 Å². The third kappa shape index (κ3) is 25.5. The SMILES string of the molecule is CC.CC.CN(C)P(=N[P+](N=P(N(C)C)(N(C)C)N(C)C)(N=P(N(C)C)(N(C)C)N(C)C)N=P(N(C)C)(N(C)C)N(C)Cc1ccccc1)(N(C)C)N(C)C.CN(C)P(C)(=N[P+](N=P(N(C)C)(N(C)C)N(C)C)(N=P(N(C)C)(N(C)C)N(C)C)N=P(N(C)C)(N(C)C)N(C)Cc1ccccc1)N(C)C.[I-].[OH-]. The molecule has 0 fully saturated rings. The Labute approximate surface area is 673 Å². The van der Waals surface area contributed by atoms with Crippen LogP contribution in [-0.4, -0.2) is 430 Å². The zero-order valence-corrected chi connectivity index (χ0v) is 87.5. The maximum absolute atomic E-state index is 6.27. The van der Waals surface area contributed by atoms with Gasteiger partial charge in [-0.2, -0.15) is 0 Å². The number of nitrogens with zero attached hydrogens (tertiary/aromatic N) is 31. The lowest BCUT2D eigenvalue weighted by molar-refractivity contribution is -0.0000260. The zero-order chi connectivity index (χ0) is 82.6. The van der Waals surface area contributed by atoms with Crippen LogP contribution >= 0.6 is 75.6 Å². The molecule has 632 valence electrons. The molecular formula is C63H162IN31OP10. The van der Waals surface area contributed by atoms with Crippen LogP contribution in [-0.2, 0) is 13.1 Å². The molecule has 0 radical (unpaired) electrons. The lowest BCUT2D eigenvalue weighted by Gasteiger charge is -2.45. The van der Waals surface area contributed by atoms with Crippen LogP contribution in [0.1, 0.15) is 38.8 Å². The van der Waals surface area contributed by atoms with Gasteiger partial charge in [0.2, 0.25) is 52.5 Å². The minimum atomic E-state index is -3.54. The summed E-state index contributed by atoms with van der Waals surface area (Å²) in [7, 11) is 65.4. The Bertz CT molecular complexity index is 3010. The van der Waals surface area contributed by atoms with Crippen molar-refractivity contribution in [1.29, 1.82) is 0 Å². The molecule has 0 aromatic heterocycles. The van der Waals surface area contributed by atoms with E-state index in [0.29, 0.717) is 13.1 Å². The topological polar surface area (TPSA) is 203 Å². The van der Waals surface area contributed by atoms with Crippen LogP contribution in [0.15, 0.2) is 96.8 Å². The molecule has 0 bridgehead atoms. The smallest absolute Gasteiger partial charge is 0.502 e. The number of hydrogen-bond donors (Lipinski definition) is 0. The van der Waals surface area contributed by atoms with Crippen LogP contribution in [0.2, 0.25) is 0 Å². The largest absolute Gasteiger partial charge is 1.00 e. The van der Waals surface area contributed by atoms with Gasteiger partial charge in [-0.3, -0.25) is 9.34 Å². The summed E-state index contributed by atoms with van der Waals surface area (Å²) < 4.78 is 102. The summed E-state index contributed by atoms with van der Waals surface area (Å²) in [5.41, 5.74) is 2.43. The molecule has 0 heterocycles. The normalized spacial score (nSPS) is 13.7. The molecule has 0 aliphatic rings. The van der Waals surface area contributed by atoms with Crippen molar-refractivity contribution in [2.45, 2.75) is 40.8 Å². The second-order valence-corrected chi connectivity index (χ2v) is 64.1. The summed E-state index contributed by atoms with van der Waals surface area (Å²) in [6.07, 6.45) is 0. The predicted octanol–water partition coefficient (Wildman–Crippen LogP) is 12.5. The van der Waals surface area contributed by atoms with E-state index in [9.17, 15) is 0 Å². The Morgan fingerprint density at radius 1 is 0.217 bits per heavy atom. The first-order valence-electron chi connectivity index (χ1n) is 35.1. The number of halogens is 1. The van der Waals surface area contributed by atoms with Gasteiger partial charge in [-0.05, 0) is 357 Å². The maximum atomic E-state index is 6.27. The predicted molar refractivity (Wildman–Crippen MR) is 482 cm³/mol. The van der Waals surface area contributed by atoms with Gasteiger partial charge in [0.15, 0.2) is 0 Å². The van der Waals surface area contributed by atoms with E-state index in [2.05, 4.69) is 485 Å². The van der Waals surface area contributed by atoms with Crippen LogP contribution in [0, 0.1) is 0 Å². The zero-order valence-electron chi connectivity index (χ0n) is 76.3. The van der Waals surface area contributed by atoms with Gasteiger partial charge >= 0.3 is 15.7 Å². The van der Waals surface area contributed by atoms with E-state index < -0.39 is 75.6 Å². The van der Waals surface area contributed by atoms with Crippen LogP contribution in [0.5, 0.6) is 0 Å². The molecule has 0 atom stereocenters. The van der Waals surface area contributed by atoms with E-state index >= 15 is 0 Å². The number of rotatable bonds is 35. The molecule has 0 spiro atoms. The Morgan fingerprint density at radius 3 is 0.481 bits per heavy atom. The standard InChI is InChI=1S/C30H76N16P5.C29H73N15P5.2C2H6.HI.H2O/c1-35(2)48(36(3)4,37(5)6)31-47(32-49(38(7)8,39(9)10)40(11)12,33-50(41(13)14,42(15)16)43(17)18)34-51(44(19)20,45(21)22)46(23)29-30-27-25-24-26-28-30;1-34(2)45(22,35(3)4)30-46(31-47(36(5)6,37(7)8)38(9)10,32-48(39(11)12,40(13)14)41(15)16)33-49(42(17)18,43(19)20)44(21)28-29-26-24-23-25-27-29;2*1-2;;/h24-28H,29H2,1-23H3;23-27H,28H2,1-22H3;2*1-2H3;1H;1H2/q2*+1;;;;/p-2. The molecule has 0 unspecified atom stereocenters. The van der Waals surface area contributed by atoms with Crippen molar-refractivity contribution in [3.63, 3.8) is 0 Å². The van der Waals surface area contributed by atoms with Crippen molar-refractivity contribution >= 4 is 75.6 Å². The Morgan fingerprint density at radius 2 is 0.349 bits per heavy atom.